The Balaban J connectivity index is 2.20. The number of nitrogens with one attached hydrogen (secondary N) is 2. The van der Waals surface area contributed by atoms with Crippen LogP contribution >= 0.6 is 0 Å². The fourth-order valence-electron chi connectivity index (χ4n) is 2.99. The van der Waals surface area contributed by atoms with E-state index in [1.807, 2.05) is 64.1 Å². The van der Waals surface area contributed by atoms with Crippen molar-refractivity contribution in [2.45, 2.75) is 53.4 Å². The fraction of sp³-hybridized carbons (Fsp3) is 0.364. The minimum atomic E-state index is 0.0444. The predicted octanol–water partition coefficient (Wildman–Crippen LogP) is 5.45. The second-order valence-corrected chi connectivity index (χ2v) is 6.66. The Morgan fingerprint density at radius 3 is 1.42 bits per heavy atom. The lowest BCUT2D eigenvalue weighted by Gasteiger charge is -2.14. The maximum absolute atomic E-state index is 11.8. The zero-order valence-corrected chi connectivity index (χ0v) is 16.1. The van der Waals surface area contributed by atoms with Crippen molar-refractivity contribution in [1.82, 2.24) is 0 Å². The first kappa shape index (κ1) is 19.7. The molecule has 4 heteroatoms. The highest BCUT2D eigenvalue weighted by Crippen LogP contribution is 2.30. The second-order valence-electron chi connectivity index (χ2n) is 6.66. The van der Waals surface area contributed by atoms with Crippen LogP contribution < -0.4 is 10.6 Å². The van der Waals surface area contributed by atoms with Crippen molar-refractivity contribution in [2.24, 2.45) is 0 Å². The number of amides is 2. The van der Waals surface area contributed by atoms with Gasteiger partial charge in [-0.15, -0.1) is 0 Å². The molecule has 0 aromatic heterocycles. The molecule has 2 aromatic rings. The minimum absolute atomic E-state index is 0.0444. The summed E-state index contributed by atoms with van der Waals surface area (Å²) < 4.78 is 0. The Morgan fingerprint density at radius 1 is 0.731 bits per heavy atom. The number of benzene rings is 2. The monoisotopic (exact) mass is 352 g/mol. The van der Waals surface area contributed by atoms with Gasteiger partial charge in [0.2, 0.25) is 11.8 Å². The SMILES string of the molecule is CCCC(=O)Nc1ccc(-c2ccc(NC(=O)CCC)cc2C)c(C)c1. The number of carbonyl (C=O) groups is 2. The van der Waals surface area contributed by atoms with E-state index in [1.54, 1.807) is 0 Å². The van der Waals surface area contributed by atoms with Crippen LogP contribution in [0.4, 0.5) is 11.4 Å². The largest absolute Gasteiger partial charge is 0.326 e. The summed E-state index contributed by atoms with van der Waals surface area (Å²) in [6.45, 7) is 8.07. The molecule has 0 fully saturated rings. The lowest BCUT2D eigenvalue weighted by Crippen LogP contribution is -2.11. The van der Waals surface area contributed by atoms with Gasteiger partial charge in [-0.25, -0.2) is 0 Å². The molecule has 0 aliphatic heterocycles. The highest BCUT2D eigenvalue weighted by atomic mass is 16.2. The molecule has 0 saturated heterocycles. The zero-order valence-electron chi connectivity index (χ0n) is 16.1. The molecule has 0 atom stereocenters. The van der Waals surface area contributed by atoms with Crippen molar-refractivity contribution < 1.29 is 9.59 Å². The first-order valence-electron chi connectivity index (χ1n) is 9.26. The Bertz CT molecular complexity index is 729. The van der Waals surface area contributed by atoms with E-state index in [0.29, 0.717) is 12.8 Å². The summed E-state index contributed by atoms with van der Waals surface area (Å²) in [7, 11) is 0. The molecule has 0 spiro atoms. The van der Waals surface area contributed by atoms with E-state index in [-0.39, 0.29) is 11.8 Å². The molecule has 0 saturated carbocycles. The Hall–Kier alpha value is -2.62. The van der Waals surface area contributed by atoms with Crippen molar-refractivity contribution in [2.75, 3.05) is 10.6 Å². The molecule has 0 unspecified atom stereocenters. The first-order valence-corrected chi connectivity index (χ1v) is 9.26. The topological polar surface area (TPSA) is 58.2 Å². The summed E-state index contributed by atoms with van der Waals surface area (Å²) in [4.78, 5) is 23.5. The highest BCUT2D eigenvalue weighted by Gasteiger charge is 2.09. The minimum Gasteiger partial charge on any atom is -0.326 e. The van der Waals surface area contributed by atoms with Gasteiger partial charge in [0.1, 0.15) is 0 Å². The van der Waals surface area contributed by atoms with Gasteiger partial charge in [-0.2, -0.15) is 0 Å². The van der Waals surface area contributed by atoms with E-state index in [2.05, 4.69) is 10.6 Å². The van der Waals surface area contributed by atoms with E-state index in [1.165, 1.54) is 0 Å². The third-order valence-electron chi connectivity index (χ3n) is 4.26. The maximum Gasteiger partial charge on any atom is 0.224 e. The molecular formula is C22H28N2O2. The van der Waals surface area contributed by atoms with Crippen molar-refractivity contribution >= 4 is 23.2 Å². The second kappa shape index (κ2) is 9.18. The molecule has 0 aliphatic carbocycles. The molecule has 2 amide bonds. The van der Waals surface area contributed by atoms with Gasteiger partial charge in [-0.3, -0.25) is 9.59 Å². The van der Waals surface area contributed by atoms with Crippen LogP contribution in [0.25, 0.3) is 11.1 Å². The van der Waals surface area contributed by atoms with Gasteiger partial charge in [0.25, 0.3) is 0 Å². The van der Waals surface area contributed by atoms with Crippen LogP contribution in [-0.2, 0) is 9.59 Å². The van der Waals surface area contributed by atoms with E-state index >= 15 is 0 Å². The summed E-state index contributed by atoms with van der Waals surface area (Å²) in [5, 5.41) is 5.87. The van der Waals surface area contributed by atoms with E-state index in [0.717, 1.165) is 46.5 Å². The molecule has 0 bridgehead atoms. The number of anilines is 2. The van der Waals surface area contributed by atoms with Crippen LogP contribution in [0.15, 0.2) is 36.4 Å². The van der Waals surface area contributed by atoms with Crippen LogP contribution in [0.3, 0.4) is 0 Å². The summed E-state index contributed by atoms with van der Waals surface area (Å²) >= 11 is 0. The number of aryl methyl sites for hydroxylation is 2. The van der Waals surface area contributed by atoms with E-state index in [9.17, 15) is 9.59 Å². The Kier molecular flexibility index (Phi) is 6.96. The van der Waals surface area contributed by atoms with Gasteiger partial charge < -0.3 is 10.6 Å². The average molecular weight is 352 g/mol. The zero-order chi connectivity index (χ0) is 19.1. The third kappa shape index (κ3) is 5.19. The normalized spacial score (nSPS) is 10.5. The summed E-state index contributed by atoms with van der Waals surface area (Å²) in [6.07, 6.45) is 2.74. The first-order chi connectivity index (χ1) is 12.4. The van der Waals surface area contributed by atoms with Gasteiger partial charge in [-0.05, 0) is 73.2 Å². The molecule has 0 heterocycles. The van der Waals surface area contributed by atoms with Crippen LogP contribution in [-0.4, -0.2) is 11.8 Å². The van der Waals surface area contributed by atoms with Crippen LogP contribution in [0.5, 0.6) is 0 Å². The average Bonchev–Trinajstić information content (AvgIpc) is 2.56. The number of carbonyl (C=O) groups excluding carboxylic acids is 2. The van der Waals surface area contributed by atoms with Gasteiger partial charge in [0.15, 0.2) is 0 Å². The van der Waals surface area contributed by atoms with Crippen LogP contribution in [0.1, 0.15) is 50.7 Å². The summed E-state index contributed by atoms with van der Waals surface area (Å²) in [6, 6.07) is 11.9. The quantitative estimate of drug-likeness (QED) is 0.696. The van der Waals surface area contributed by atoms with Crippen molar-refractivity contribution in [3.8, 4) is 11.1 Å². The molecule has 4 nitrogen and oxygen atoms in total. The lowest BCUT2D eigenvalue weighted by atomic mass is 9.95. The lowest BCUT2D eigenvalue weighted by molar-refractivity contribution is -0.117. The van der Waals surface area contributed by atoms with Crippen LogP contribution in [0, 0.1) is 13.8 Å². The van der Waals surface area contributed by atoms with Gasteiger partial charge in [0, 0.05) is 24.2 Å². The van der Waals surface area contributed by atoms with Gasteiger partial charge in [0.05, 0.1) is 0 Å². The van der Waals surface area contributed by atoms with E-state index < -0.39 is 0 Å². The van der Waals surface area contributed by atoms with Crippen LogP contribution in [0.2, 0.25) is 0 Å². The number of hydrogen-bond acceptors (Lipinski definition) is 2. The van der Waals surface area contributed by atoms with Crippen molar-refractivity contribution in [3.05, 3.63) is 47.5 Å². The summed E-state index contributed by atoms with van der Waals surface area (Å²) in [5.74, 6) is 0.0889. The number of hydrogen-bond donors (Lipinski definition) is 2. The Morgan fingerprint density at radius 2 is 1.12 bits per heavy atom. The molecular weight excluding hydrogens is 324 g/mol. The van der Waals surface area contributed by atoms with Gasteiger partial charge >= 0.3 is 0 Å². The molecule has 0 radical (unpaired) electrons. The molecule has 26 heavy (non-hydrogen) atoms. The molecule has 2 rings (SSSR count). The van der Waals surface area contributed by atoms with Gasteiger partial charge in [-0.1, -0.05) is 26.0 Å². The Labute approximate surface area is 156 Å². The summed E-state index contributed by atoms with van der Waals surface area (Å²) in [5.41, 5.74) is 6.11. The van der Waals surface area contributed by atoms with Crippen molar-refractivity contribution in [3.63, 3.8) is 0 Å². The highest BCUT2D eigenvalue weighted by molar-refractivity contribution is 5.92. The smallest absolute Gasteiger partial charge is 0.224 e. The molecule has 138 valence electrons. The predicted molar refractivity (Wildman–Crippen MR) is 108 cm³/mol. The standard InChI is InChI=1S/C22H28N2O2/c1-5-7-21(25)23-17-9-11-19(15(3)13-17)20-12-10-18(14-16(20)4)24-22(26)8-6-2/h9-14H,5-8H2,1-4H3,(H,23,25)(H,24,26). The molecule has 2 N–H and O–H groups in total. The molecule has 2 aromatic carbocycles. The maximum atomic E-state index is 11.8. The molecule has 0 aliphatic rings. The number of rotatable bonds is 7. The van der Waals surface area contributed by atoms with Crippen molar-refractivity contribution in [1.29, 1.82) is 0 Å². The third-order valence-corrected chi connectivity index (χ3v) is 4.26. The van der Waals surface area contributed by atoms with E-state index in [4.69, 9.17) is 0 Å². The fourth-order valence-corrected chi connectivity index (χ4v) is 2.99.